The zero-order valence-corrected chi connectivity index (χ0v) is 18.0. The van der Waals surface area contributed by atoms with E-state index in [1.807, 2.05) is 0 Å². The van der Waals surface area contributed by atoms with Gasteiger partial charge in [0.05, 0.1) is 18.8 Å². The maximum Gasteiger partial charge on any atom is 0.277 e. The number of aromatic hydroxyl groups is 1. The monoisotopic (exact) mass is 484 g/mol. The fraction of sp³-hybridized carbons (Fsp3) is 0.350. The highest BCUT2D eigenvalue weighted by Crippen LogP contribution is 2.33. The van der Waals surface area contributed by atoms with E-state index < -0.39 is 57.9 Å². The summed E-state index contributed by atoms with van der Waals surface area (Å²) in [5.74, 6) is -4.67. The topological polar surface area (TPSA) is 124 Å². The van der Waals surface area contributed by atoms with Gasteiger partial charge in [0.2, 0.25) is 5.43 Å². The number of hydrogen-bond acceptors (Lipinski definition) is 7. The molecule has 1 aromatic heterocycles. The molecule has 0 bridgehead atoms. The van der Waals surface area contributed by atoms with Crippen molar-refractivity contribution in [3.63, 3.8) is 0 Å². The van der Waals surface area contributed by atoms with Crippen LogP contribution in [0.1, 0.15) is 38.2 Å². The number of aromatic nitrogens is 1. The number of halogens is 3. The van der Waals surface area contributed by atoms with E-state index in [4.69, 9.17) is 16.3 Å². The van der Waals surface area contributed by atoms with Crippen LogP contribution in [-0.4, -0.2) is 65.1 Å². The lowest BCUT2D eigenvalue weighted by molar-refractivity contribution is 0.0626. The predicted octanol–water partition coefficient (Wildman–Crippen LogP) is 0.460. The highest BCUT2D eigenvalue weighted by Gasteiger charge is 2.43. The van der Waals surface area contributed by atoms with Crippen molar-refractivity contribution in [2.24, 2.45) is 0 Å². The minimum Gasteiger partial charge on any atom is -0.502 e. The molecule has 0 spiro atoms. The maximum atomic E-state index is 14.1. The Kier molecular flexibility index (Phi) is 5.99. The molecule has 0 aliphatic carbocycles. The number of nitrogens with zero attached hydrogens (tertiary/aromatic N) is 3. The fourth-order valence-corrected chi connectivity index (χ4v) is 4.11. The quantitative estimate of drug-likeness (QED) is 0.509. The van der Waals surface area contributed by atoms with Crippen molar-refractivity contribution in [1.82, 2.24) is 14.9 Å². The molecule has 176 valence electrons. The molecule has 4 rings (SSSR count). The van der Waals surface area contributed by atoms with Crippen molar-refractivity contribution in [3.8, 4) is 5.75 Å². The number of carbonyl (C=O) groups is 2. The van der Waals surface area contributed by atoms with Crippen LogP contribution in [-0.2, 0) is 11.3 Å². The number of nitrogens with one attached hydrogen (secondary N) is 1. The van der Waals surface area contributed by atoms with Crippen molar-refractivity contribution in [3.05, 3.63) is 61.5 Å². The number of methoxy groups -OCH3 is 1. The Balaban J connectivity index is 1.71. The molecule has 0 radical (unpaired) electrons. The number of benzene rings is 1. The molecule has 0 saturated heterocycles. The summed E-state index contributed by atoms with van der Waals surface area (Å²) in [4.78, 5) is 39.9. The third-order valence-corrected chi connectivity index (χ3v) is 5.86. The van der Waals surface area contributed by atoms with Crippen LogP contribution >= 0.6 is 11.6 Å². The van der Waals surface area contributed by atoms with Gasteiger partial charge in [0.15, 0.2) is 11.4 Å². The lowest BCUT2D eigenvalue weighted by Gasteiger charge is -2.37. The van der Waals surface area contributed by atoms with Crippen molar-refractivity contribution >= 4 is 23.4 Å². The molecule has 2 amide bonds. The SMILES string of the molecule is COCCN1CN2CC(O)c3c(C(=O)NCc4ccc(F)c(Cl)c4F)c(=O)c(O)c(n32)C1=O. The minimum atomic E-state index is -1.31. The summed E-state index contributed by atoms with van der Waals surface area (Å²) in [5.41, 5.74) is -2.42. The second-order valence-electron chi connectivity index (χ2n) is 7.52. The Morgan fingerprint density at radius 3 is 2.76 bits per heavy atom. The van der Waals surface area contributed by atoms with Crippen molar-refractivity contribution in [2.75, 3.05) is 38.5 Å². The van der Waals surface area contributed by atoms with Crippen molar-refractivity contribution < 1.29 is 33.3 Å². The summed E-state index contributed by atoms with van der Waals surface area (Å²) >= 11 is 5.54. The van der Waals surface area contributed by atoms with Gasteiger partial charge in [-0.2, -0.15) is 0 Å². The largest absolute Gasteiger partial charge is 0.502 e. The summed E-state index contributed by atoms with van der Waals surface area (Å²) in [6, 6.07) is 2.01. The average molecular weight is 485 g/mol. The number of aliphatic hydroxyl groups is 1. The molecule has 0 fully saturated rings. The summed E-state index contributed by atoms with van der Waals surface area (Å²) in [5, 5.41) is 24.2. The third-order valence-electron chi connectivity index (χ3n) is 5.52. The van der Waals surface area contributed by atoms with E-state index in [9.17, 15) is 33.4 Å². The van der Waals surface area contributed by atoms with Gasteiger partial charge in [-0.15, -0.1) is 0 Å². The maximum absolute atomic E-state index is 14.1. The van der Waals surface area contributed by atoms with Gasteiger partial charge >= 0.3 is 0 Å². The number of pyridine rings is 1. The minimum absolute atomic E-state index is 0.0297. The van der Waals surface area contributed by atoms with E-state index in [0.29, 0.717) is 0 Å². The summed E-state index contributed by atoms with van der Waals surface area (Å²) in [6.45, 7) is -0.0734. The van der Waals surface area contributed by atoms with Gasteiger partial charge < -0.3 is 25.2 Å². The van der Waals surface area contributed by atoms with Crippen LogP contribution in [0.5, 0.6) is 5.75 Å². The van der Waals surface area contributed by atoms with E-state index in [1.165, 1.54) is 17.0 Å². The molecule has 10 nitrogen and oxygen atoms in total. The third kappa shape index (κ3) is 3.69. The first-order valence-corrected chi connectivity index (χ1v) is 10.2. The van der Waals surface area contributed by atoms with E-state index >= 15 is 0 Å². The van der Waals surface area contributed by atoms with Crippen LogP contribution < -0.4 is 15.8 Å². The number of carbonyl (C=O) groups excluding carboxylic acids is 2. The summed E-state index contributed by atoms with van der Waals surface area (Å²) in [7, 11) is 1.46. The standard InChI is InChI=1S/C20H19ClF2N4O6/c1-33-5-4-25-8-26-7-11(28)15-12(17(29)18(30)16(20(25)32)27(15)26)19(31)24-6-9-2-3-10(22)13(21)14(9)23/h2-3,11,28,30H,4-8H2,1H3,(H,24,31). The van der Waals surface area contributed by atoms with E-state index in [1.54, 1.807) is 0 Å². The normalized spacial score (nSPS) is 16.9. The number of hydrogen-bond donors (Lipinski definition) is 3. The molecular weight excluding hydrogens is 466 g/mol. The number of aliphatic hydroxyl groups excluding tert-OH is 1. The molecule has 13 heteroatoms. The predicted molar refractivity (Wildman–Crippen MR) is 111 cm³/mol. The Morgan fingerprint density at radius 2 is 2.06 bits per heavy atom. The van der Waals surface area contributed by atoms with E-state index in [2.05, 4.69) is 5.32 Å². The second-order valence-corrected chi connectivity index (χ2v) is 7.90. The summed E-state index contributed by atoms with van der Waals surface area (Å²) < 4.78 is 33.6. The number of ether oxygens (including phenoxy) is 1. The lowest BCUT2D eigenvalue weighted by atomic mass is 10.1. The highest BCUT2D eigenvalue weighted by atomic mass is 35.5. The van der Waals surface area contributed by atoms with Gasteiger partial charge in [-0.3, -0.25) is 19.4 Å². The molecule has 1 unspecified atom stereocenters. The van der Waals surface area contributed by atoms with Gasteiger partial charge in [-0.1, -0.05) is 17.7 Å². The molecular formula is C20H19ClF2N4O6. The second kappa shape index (κ2) is 8.61. The molecule has 2 aromatic rings. The van der Waals surface area contributed by atoms with Crippen LogP contribution in [0.15, 0.2) is 16.9 Å². The van der Waals surface area contributed by atoms with Crippen molar-refractivity contribution in [1.29, 1.82) is 0 Å². The molecule has 0 saturated carbocycles. The average Bonchev–Trinajstić information content (AvgIpc) is 3.10. The number of amides is 2. The van der Waals surface area contributed by atoms with Gasteiger partial charge in [0, 0.05) is 25.8 Å². The first kappa shape index (κ1) is 23.0. The number of rotatable bonds is 6. The molecule has 2 aliphatic rings. The van der Waals surface area contributed by atoms with E-state index in [-0.39, 0.29) is 43.3 Å². The lowest BCUT2D eigenvalue weighted by Crippen LogP contribution is -2.53. The smallest absolute Gasteiger partial charge is 0.277 e. The van der Waals surface area contributed by atoms with Crippen LogP contribution in [0.25, 0.3) is 0 Å². The highest BCUT2D eigenvalue weighted by molar-refractivity contribution is 6.30. The van der Waals surface area contributed by atoms with Gasteiger partial charge in [-0.25, -0.2) is 13.5 Å². The van der Waals surface area contributed by atoms with Gasteiger partial charge in [0.1, 0.15) is 35.0 Å². The Bertz CT molecular complexity index is 1220. The van der Waals surface area contributed by atoms with Crippen LogP contribution in [0.4, 0.5) is 8.78 Å². The van der Waals surface area contributed by atoms with Crippen LogP contribution in [0.3, 0.4) is 0 Å². The zero-order chi connectivity index (χ0) is 24.0. The zero-order valence-electron chi connectivity index (χ0n) is 17.3. The first-order valence-electron chi connectivity index (χ1n) is 9.81. The Labute approximate surface area is 190 Å². The molecule has 3 heterocycles. The van der Waals surface area contributed by atoms with Crippen LogP contribution in [0, 0.1) is 11.6 Å². The Hall–Kier alpha value is -3.22. The first-order chi connectivity index (χ1) is 15.7. The van der Waals surface area contributed by atoms with Crippen LogP contribution in [0.2, 0.25) is 5.02 Å². The molecule has 1 atom stereocenters. The van der Waals surface area contributed by atoms with E-state index in [0.717, 1.165) is 16.8 Å². The van der Waals surface area contributed by atoms with Gasteiger partial charge in [0.25, 0.3) is 11.8 Å². The van der Waals surface area contributed by atoms with Crippen molar-refractivity contribution in [2.45, 2.75) is 12.6 Å². The fourth-order valence-electron chi connectivity index (χ4n) is 3.92. The molecule has 3 N–H and O–H groups in total. The Morgan fingerprint density at radius 1 is 1.33 bits per heavy atom. The molecule has 33 heavy (non-hydrogen) atoms. The molecule has 1 aromatic carbocycles. The van der Waals surface area contributed by atoms with Gasteiger partial charge in [-0.05, 0) is 6.07 Å². The molecule has 2 aliphatic heterocycles. The summed E-state index contributed by atoms with van der Waals surface area (Å²) in [6.07, 6.45) is -1.31.